The minimum atomic E-state index is -0.624. The second-order valence-corrected chi connectivity index (χ2v) is 7.64. The molecule has 0 saturated heterocycles. The van der Waals surface area contributed by atoms with Gasteiger partial charge in [-0.05, 0) is 48.7 Å². The summed E-state index contributed by atoms with van der Waals surface area (Å²) in [7, 11) is 7.02. The van der Waals surface area contributed by atoms with Gasteiger partial charge in [0, 0.05) is 26.3 Å². The van der Waals surface area contributed by atoms with Crippen molar-refractivity contribution < 1.29 is 24.2 Å². The van der Waals surface area contributed by atoms with Gasteiger partial charge in [-0.15, -0.1) is 0 Å². The Balaban J connectivity index is 1.90. The highest BCUT2D eigenvalue weighted by Gasteiger charge is 2.42. The highest BCUT2D eigenvalue weighted by Crippen LogP contribution is 2.38. The van der Waals surface area contributed by atoms with Crippen LogP contribution in [0.3, 0.4) is 0 Å². The van der Waals surface area contributed by atoms with Crippen molar-refractivity contribution in [1.82, 2.24) is 4.90 Å². The van der Waals surface area contributed by atoms with Gasteiger partial charge in [0.15, 0.2) is 23.0 Å². The van der Waals surface area contributed by atoms with Crippen LogP contribution in [0.5, 0.6) is 11.5 Å². The smallest absolute Gasteiger partial charge is 0.290 e. The summed E-state index contributed by atoms with van der Waals surface area (Å²) in [4.78, 5) is 28.7. The number of Topliss-reactive ketones (excluding diaryl/α,β-unsaturated/α-hetero) is 1. The molecule has 31 heavy (non-hydrogen) atoms. The maximum atomic E-state index is 12.8. The molecule has 0 saturated carbocycles. The zero-order valence-electron chi connectivity index (χ0n) is 18.5. The molecule has 1 unspecified atom stereocenters. The number of hydrogen-bond acceptors (Lipinski definition) is 6. The Kier molecular flexibility index (Phi) is 6.53. The molecule has 0 fully saturated rings. The lowest BCUT2D eigenvalue weighted by Gasteiger charge is -2.27. The molecule has 0 bridgehead atoms. The number of ether oxygens (including phenoxy) is 2. The third-order valence-corrected chi connectivity index (χ3v) is 5.50. The first-order valence-corrected chi connectivity index (χ1v) is 10.0. The first-order chi connectivity index (χ1) is 14.8. The summed E-state index contributed by atoms with van der Waals surface area (Å²) in [5.41, 5.74) is 2.86. The highest BCUT2D eigenvalue weighted by atomic mass is 16.5. The average molecular weight is 424 g/mol. The zero-order chi connectivity index (χ0) is 22.7. The topological polar surface area (TPSA) is 79.3 Å². The molecule has 0 spiro atoms. The fourth-order valence-electron chi connectivity index (χ4n) is 3.83. The minimum absolute atomic E-state index is 0.134. The number of aliphatic hydroxyl groups excluding tert-OH is 1. The van der Waals surface area contributed by atoms with Gasteiger partial charge in [-0.1, -0.05) is 18.2 Å². The minimum Gasteiger partial charge on any atom is -0.503 e. The summed E-state index contributed by atoms with van der Waals surface area (Å²) in [5.74, 6) is -0.0930. The molecule has 2 aromatic carbocycles. The van der Waals surface area contributed by atoms with Gasteiger partial charge in [0.1, 0.15) is 0 Å². The number of aliphatic hydroxyl groups is 1. The summed E-state index contributed by atoms with van der Waals surface area (Å²) < 4.78 is 10.6. The van der Waals surface area contributed by atoms with Crippen molar-refractivity contribution >= 4 is 17.4 Å². The van der Waals surface area contributed by atoms with E-state index >= 15 is 0 Å². The molecule has 7 heteroatoms. The van der Waals surface area contributed by atoms with Crippen molar-refractivity contribution in [1.29, 1.82) is 0 Å². The number of hydrogen-bond donors (Lipinski definition) is 1. The number of anilines is 1. The Morgan fingerprint density at radius 2 is 1.71 bits per heavy atom. The number of ketones is 1. The van der Waals surface area contributed by atoms with Crippen LogP contribution in [0.1, 0.15) is 24.1 Å². The molecule has 164 valence electrons. The Labute approximate surface area is 182 Å². The molecular formula is C24H28N2O5. The largest absolute Gasteiger partial charge is 0.503 e. The van der Waals surface area contributed by atoms with Crippen LogP contribution >= 0.6 is 0 Å². The van der Waals surface area contributed by atoms with Gasteiger partial charge in [0.2, 0.25) is 0 Å². The summed E-state index contributed by atoms with van der Waals surface area (Å²) >= 11 is 0. The van der Waals surface area contributed by atoms with Crippen molar-refractivity contribution in [3.05, 3.63) is 64.9 Å². The maximum absolute atomic E-state index is 12.8. The van der Waals surface area contributed by atoms with E-state index in [1.807, 2.05) is 61.5 Å². The van der Waals surface area contributed by atoms with Gasteiger partial charge in [-0.3, -0.25) is 9.59 Å². The first kappa shape index (κ1) is 22.2. The van der Waals surface area contributed by atoms with E-state index in [9.17, 15) is 14.7 Å². The molecule has 0 aromatic heterocycles. The van der Waals surface area contributed by atoms with E-state index in [1.165, 1.54) is 6.92 Å². The fourth-order valence-corrected chi connectivity index (χ4v) is 3.83. The quantitative estimate of drug-likeness (QED) is 0.701. The van der Waals surface area contributed by atoms with E-state index in [2.05, 4.69) is 0 Å². The number of carbonyl (C=O) groups is 2. The summed E-state index contributed by atoms with van der Waals surface area (Å²) in [6.07, 6.45) is 0.525. The van der Waals surface area contributed by atoms with E-state index in [4.69, 9.17) is 9.47 Å². The van der Waals surface area contributed by atoms with Crippen molar-refractivity contribution in [2.24, 2.45) is 0 Å². The summed E-state index contributed by atoms with van der Waals surface area (Å²) in [6.45, 7) is 1.70. The standard InChI is InChI=1S/C24H28N2O5/c1-15(27)21-22(17-7-9-18(10-8-17)25(2)3)26(24(29)23(21)28)13-12-16-6-11-19(30-4)20(14-16)31-5/h6-11,14,22,28H,12-13H2,1-5H3. The highest BCUT2D eigenvalue weighted by molar-refractivity contribution is 6.08. The molecule has 1 heterocycles. The molecule has 0 aliphatic carbocycles. The Bertz CT molecular complexity index is 1010. The van der Waals surface area contributed by atoms with Crippen LogP contribution in [0, 0.1) is 0 Å². The number of amides is 1. The van der Waals surface area contributed by atoms with E-state index in [1.54, 1.807) is 19.1 Å². The number of nitrogens with zero attached hydrogens (tertiary/aromatic N) is 2. The van der Waals surface area contributed by atoms with Crippen molar-refractivity contribution in [2.45, 2.75) is 19.4 Å². The van der Waals surface area contributed by atoms with Crippen LogP contribution in [0.2, 0.25) is 0 Å². The molecule has 3 rings (SSSR count). The lowest BCUT2D eigenvalue weighted by atomic mass is 9.96. The second-order valence-electron chi connectivity index (χ2n) is 7.64. The molecule has 1 aliphatic rings. The first-order valence-electron chi connectivity index (χ1n) is 10.0. The lowest BCUT2D eigenvalue weighted by molar-refractivity contribution is -0.129. The SMILES string of the molecule is COc1ccc(CCN2C(=O)C(O)=C(C(C)=O)C2c2ccc(N(C)C)cc2)cc1OC. The lowest BCUT2D eigenvalue weighted by Crippen LogP contribution is -2.33. The number of benzene rings is 2. The number of methoxy groups -OCH3 is 2. The number of rotatable bonds is 8. The van der Waals surface area contributed by atoms with Gasteiger partial charge >= 0.3 is 0 Å². The normalized spacial score (nSPS) is 16.0. The summed E-state index contributed by atoms with van der Waals surface area (Å²) in [6, 6.07) is 12.6. The predicted molar refractivity (Wildman–Crippen MR) is 119 cm³/mol. The van der Waals surface area contributed by atoms with Crippen molar-refractivity contribution in [2.75, 3.05) is 39.8 Å². The van der Waals surface area contributed by atoms with Gasteiger partial charge in [0.25, 0.3) is 5.91 Å². The van der Waals surface area contributed by atoms with E-state index in [0.717, 1.165) is 16.8 Å². The van der Waals surface area contributed by atoms with Crippen molar-refractivity contribution in [3.8, 4) is 11.5 Å². The van der Waals surface area contributed by atoms with Crippen LogP contribution in [0.25, 0.3) is 0 Å². The van der Waals surface area contributed by atoms with E-state index in [-0.39, 0.29) is 11.4 Å². The van der Waals surface area contributed by atoms with Gasteiger partial charge < -0.3 is 24.4 Å². The summed E-state index contributed by atoms with van der Waals surface area (Å²) in [5, 5.41) is 10.4. The third-order valence-electron chi connectivity index (χ3n) is 5.50. The number of carbonyl (C=O) groups excluding carboxylic acids is 2. The predicted octanol–water partition coefficient (Wildman–Crippen LogP) is 3.30. The second kappa shape index (κ2) is 9.12. The molecule has 1 atom stereocenters. The van der Waals surface area contributed by atoms with Gasteiger partial charge in [-0.2, -0.15) is 0 Å². The molecule has 0 radical (unpaired) electrons. The monoisotopic (exact) mass is 424 g/mol. The van der Waals surface area contributed by atoms with Crippen LogP contribution in [-0.2, 0) is 16.0 Å². The van der Waals surface area contributed by atoms with Gasteiger partial charge in [0.05, 0.1) is 25.8 Å². The van der Waals surface area contributed by atoms with E-state index < -0.39 is 17.7 Å². The molecule has 7 nitrogen and oxygen atoms in total. The van der Waals surface area contributed by atoms with Crippen LogP contribution in [0.15, 0.2) is 53.8 Å². The maximum Gasteiger partial charge on any atom is 0.290 e. The van der Waals surface area contributed by atoms with Crippen molar-refractivity contribution in [3.63, 3.8) is 0 Å². The molecule has 1 N–H and O–H groups in total. The molecule has 1 aliphatic heterocycles. The Morgan fingerprint density at radius 1 is 1.06 bits per heavy atom. The average Bonchev–Trinajstić information content (AvgIpc) is 3.02. The van der Waals surface area contributed by atoms with E-state index in [0.29, 0.717) is 24.5 Å². The third kappa shape index (κ3) is 4.35. The molecular weight excluding hydrogens is 396 g/mol. The zero-order valence-corrected chi connectivity index (χ0v) is 18.5. The van der Waals surface area contributed by atoms with Crippen LogP contribution in [0.4, 0.5) is 5.69 Å². The Hall–Kier alpha value is -3.48. The molecule has 1 amide bonds. The molecule has 2 aromatic rings. The van der Waals surface area contributed by atoms with Gasteiger partial charge in [-0.25, -0.2) is 0 Å². The Morgan fingerprint density at radius 3 is 2.26 bits per heavy atom. The van der Waals surface area contributed by atoms with Crippen LogP contribution in [-0.4, -0.2) is 56.6 Å². The fraction of sp³-hybridized carbons (Fsp3) is 0.333. The van der Waals surface area contributed by atoms with Crippen LogP contribution < -0.4 is 14.4 Å².